The highest BCUT2D eigenvalue weighted by Gasteiger charge is 2.49. The molecule has 6 nitrogen and oxygen atoms in total. The smallest absolute Gasteiger partial charge is 0.321 e. The van der Waals surface area contributed by atoms with E-state index in [2.05, 4.69) is 0 Å². The molecule has 0 radical (unpaired) electrons. The fourth-order valence-electron chi connectivity index (χ4n) is 1.90. The molecule has 6 heteroatoms. The molecule has 0 heterocycles. The lowest BCUT2D eigenvalue weighted by atomic mass is 9.81. The molecular weight excluding hydrogens is 262 g/mol. The summed E-state index contributed by atoms with van der Waals surface area (Å²) in [7, 11) is 1.45. The van der Waals surface area contributed by atoms with Crippen molar-refractivity contribution in [1.29, 1.82) is 0 Å². The second-order valence-corrected chi connectivity index (χ2v) is 4.74. The molecule has 2 atom stereocenters. The molecule has 0 bridgehead atoms. The Morgan fingerprint density at radius 3 is 2.30 bits per heavy atom. The van der Waals surface area contributed by atoms with Gasteiger partial charge in [-0.2, -0.15) is 0 Å². The van der Waals surface area contributed by atoms with Gasteiger partial charge in [0.15, 0.2) is 5.41 Å². The number of rotatable bonds is 6. The number of benzene rings is 1. The summed E-state index contributed by atoms with van der Waals surface area (Å²) < 4.78 is 0. The molecule has 0 aliphatic carbocycles. The predicted molar refractivity (Wildman–Crippen MR) is 73.3 cm³/mol. The van der Waals surface area contributed by atoms with Gasteiger partial charge in [0.25, 0.3) is 0 Å². The molecule has 1 aromatic rings. The molecule has 1 rings (SSSR count). The number of nitrogens with zero attached hydrogens (tertiary/aromatic N) is 1. The van der Waals surface area contributed by atoms with Gasteiger partial charge < -0.3 is 20.2 Å². The number of carbonyl (C=O) groups is 2. The zero-order valence-corrected chi connectivity index (χ0v) is 11.5. The third-order valence-electron chi connectivity index (χ3n) is 3.41. The Balaban J connectivity index is 3.09. The van der Waals surface area contributed by atoms with Crippen LogP contribution in [0.3, 0.4) is 0 Å². The van der Waals surface area contributed by atoms with E-state index in [1.54, 1.807) is 30.3 Å². The second-order valence-electron chi connectivity index (χ2n) is 4.74. The molecule has 0 aliphatic rings. The van der Waals surface area contributed by atoms with Crippen LogP contribution in [0.1, 0.15) is 13.3 Å². The molecule has 1 unspecified atom stereocenters. The Morgan fingerprint density at radius 2 is 1.85 bits per heavy atom. The van der Waals surface area contributed by atoms with E-state index >= 15 is 0 Å². The first-order valence-electron chi connectivity index (χ1n) is 6.21. The SMILES string of the molecule is CN(C(=O)C(C)(C(=O)O)[C@@H](O)CCO)c1ccccc1. The highest BCUT2D eigenvalue weighted by atomic mass is 16.4. The van der Waals surface area contributed by atoms with Crippen molar-refractivity contribution < 1.29 is 24.9 Å². The van der Waals surface area contributed by atoms with Crippen LogP contribution in [0.25, 0.3) is 0 Å². The maximum absolute atomic E-state index is 12.4. The zero-order valence-electron chi connectivity index (χ0n) is 11.5. The topological polar surface area (TPSA) is 98.1 Å². The Morgan fingerprint density at radius 1 is 1.30 bits per heavy atom. The first kappa shape index (κ1) is 16.1. The molecule has 0 saturated carbocycles. The first-order valence-corrected chi connectivity index (χ1v) is 6.21. The molecule has 0 aromatic heterocycles. The molecule has 0 saturated heterocycles. The maximum atomic E-state index is 12.4. The van der Waals surface area contributed by atoms with Crippen molar-refractivity contribution >= 4 is 17.6 Å². The highest BCUT2D eigenvalue weighted by molar-refractivity contribution is 6.09. The van der Waals surface area contributed by atoms with Crippen LogP contribution in [0.4, 0.5) is 5.69 Å². The van der Waals surface area contributed by atoms with Gasteiger partial charge in [-0.15, -0.1) is 0 Å². The number of aliphatic hydroxyl groups excluding tert-OH is 2. The van der Waals surface area contributed by atoms with E-state index in [4.69, 9.17) is 5.11 Å². The van der Waals surface area contributed by atoms with E-state index < -0.39 is 30.0 Å². The number of para-hydroxylation sites is 1. The lowest BCUT2D eigenvalue weighted by Crippen LogP contribution is -2.53. The molecule has 110 valence electrons. The van der Waals surface area contributed by atoms with Crippen LogP contribution in [0.2, 0.25) is 0 Å². The van der Waals surface area contributed by atoms with E-state index in [0.29, 0.717) is 5.69 Å². The van der Waals surface area contributed by atoms with Gasteiger partial charge in [-0.3, -0.25) is 9.59 Å². The number of carboxylic acid groups (broad SMARTS) is 1. The average Bonchev–Trinajstić information content (AvgIpc) is 2.45. The van der Waals surface area contributed by atoms with Crippen LogP contribution in [0.15, 0.2) is 30.3 Å². The summed E-state index contributed by atoms with van der Waals surface area (Å²) in [5, 5.41) is 28.1. The summed E-state index contributed by atoms with van der Waals surface area (Å²) >= 11 is 0. The quantitative estimate of drug-likeness (QED) is 0.659. The highest BCUT2D eigenvalue weighted by Crippen LogP contribution is 2.29. The summed E-state index contributed by atoms with van der Waals surface area (Å²) in [5.74, 6) is -2.16. The van der Waals surface area contributed by atoms with Crippen LogP contribution in [-0.4, -0.2) is 47.0 Å². The van der Waals surface area contributed by atoms with Gasteiger partial charge in [0.05, 0.1) is 6.10 Å². The fourth-order valence-corrected chi connectivity index (χ4v) is 1.90. The normalized spacial score (nSPS) is 15.2. The van der Waals surface area contributed by atoms with Gasteiger partial charge >= 0.3 is 5.97 Å². The third kappa shape index (κ3) is 2.97. The number of aliphatic hydroxyl groups is 2. The molecular formula is C14H19NO5. The van der Waals surface area contributed by atoms with Gasteiger partial charge in [0.1, 0.15) is 0 Å². The predicted octanol–water partition coefficient (Wildman–Crippen LogP) is 0.484. The Kier molecular flexibility index (Phi) is 5.24. The molecule has 0 spiro atoms. The van der Waals surface area contributed by atoms with Crippen LogP contribution < -0.4 is 4.90 Å². The van der Waals surface area contributed by atoms with Gasteiger partial charge in [-0.1, -0.05) is 18.2 Å². The molecule has 1 amide bonds. The lowest BCUT2D eigenvalue weighted by molar-refractivity contribution is -0.161. The maximum Gasteiger partial charge on any atom is 0.321 e. The van der Waals surface area contributed by atoms with Gasteiger partial charge in [-0.05, 0) is 25.5 Å². The molecule has 20 heavy (non-hydrogen) atoms. The van der Waals surface area contributed by atoms with Crippen molar-refractivity contribution in [3.63, 3.8) is 0 Å². The number of hydrogen-bond donors (Lipinski definition) is 3. The molecule has 0 aliphatic heterocycles. The first-order chi connectivity index (χ1) is 9.35. The minimum absolute atomic E-state index is 0.183. The number of carboxylic acids is 1. The minimum atomic E-state index is -2.01. The summed E-state index contributed by atoms with van der Waals surface area (Å²) in [6.45, 7) is 0.768. The van der Waals surface area contributed by atoms with Crippen molar-refractivity contribution in [2.45, 2.75) is 19.4 Å². The molecule has 0 fully saturated rings. The van der Waals surface area contributed by atoms with Crippen LogP contribution in [0, 0.1) is 5.41 Å². The standard InChI is InChI=1S/C14H19NO5/c1-14(13(19)20,11(17)8-9-16)12(18)15(2)10-6-4-3-5-7-10/h3-7,11,16-17H,8-9H2,1-2H3,(H,19,20)/t11-,14?/m0/s1. The van der Waals surface area contributed by atoms with Crippen molar-refractivity contribution in [1.82, 2.24) is 0 Å². The number of carbonyl (C=O) groups excluding carboxylic acids is 1. The van der Waals surface area contributed by atoms with Gasteiger partial charge in [0.2, 0.25) is 5.91 Å². The summed E-state index contributed by atoms with van der Waals surface area (Å²) in [6.07, 6.45) is -1.65. The number of anilines is 1. The van der Waals surface area contributed by atoms with Crippen molar-refractivity contribution in [2.24, 2.45) is 5.41 Å². The van der Waals surface area contributed by atoms with E-state index in [1.807, 2.05) is 0 Å². The summed E-state index contributed by atoms with van der Waals surface area (Å²) in [6, 6.07) is 8.55. The largest absolute Gasteiger partial charge is 0.480 e. The van der Waals surface area contributed by atoms with Gasteiger partial charge in [0, 0.05) is 19.3 Å². The molecule has 1 aromatic carbocycles. The minimum Gasteiger partial charge on any atom is -0.480 e. The van der Waals surface area contributed by atoms with Crippen LogP contribution in [0.5, 0.6) is 0 Å². The van der Waals surface area contributed by atoms with Crippen molar-refractivity contribution in [3.05, 3.63) is 30.3 Å². The Bertz CT molecular complexity index is 476. The van der Waals surface area contributed by atoms with Crippen LogP contribution in [-0.2, 0) is 9.59 Å². The fraction of sp³-hybridized carbons (Fsp3) is 0.429. The third-order valence-corrected chi connectivity index (χ3v) is 3.41. The average molecular weight is 281 g/mol. The van der Waals surface area contributed by atoms with Crippen molar-refractivity contribution in [2.75, 3.05) is 18.6 Å². The number of amides is 1. The van der Waals surface area contributed by atoms with E-state index in [1.165, 1.54) is 11.9 Å². The van der Waals surface area contributed by atoms with E-state index in [0.717, 1.165) is 6.92 Å². The monoisotopic (exact) mass is 281 g/mol. The second kappa shape index (κ2) is 6.49. The number of aliphatic carboxylic acids is 1. The number of hydrogen-bond acceptors (Lipinski definition) is 4. The summed E-state index contributed by atoms with van der Waals surface area (Å²) in [5.41, 5.74) is -1.48. The van der Waals surface area contributed by atoms with E-state index in [-0.39, 0.29) is 6.42 Å². The zero-order chi connectivity index (χ0) is 15.3. The summed E-state index contributed by atoms with van der Waals surface area (Å²) in [4.78, 5) is 25.0. The van der Waals surface area contributed by atoms with Crippen LogP contribution >= 0.6 is 0 Å². The molecule has 3 N–H and O–H groups in total. The Labute approximate surface area is 117 Å². The Hall–Kier alpha value is -1.92. The lowest BCUT2D eigenvalue weighted by Gasteiger charge is -2.32. The van der Waals surface area contributed by atoms with Crippen molar-refractivity contribution in [3.8, 4) is 0 Å². The van der Waals surface area contributed by atoms with Gasteiger partial charge in [-0.25, -0.2) is 0 Å². The van der Waals surface area contributed by atoms with E-state index in [9.17, 15) is 19.8 Å².